The summed E-state index contributed by atoms with van der Waals surface area (Å²) in [5.74, 6) is 0.926. The Hall–Kier alpha value is -1.32. The van der Waals surface area contributed by atoms with Gasteiger partial charge in [0.15, 0.2) is 0 Å². The van der Waals surface area contributed by atoms with Crippen molar-refractivity contribution in [3.63, 3.8) is 0 Å². The van der Waals surface area contributed by atoms with E-state index in [1.807, 2.05) is 24.3 Å². The fourth-order valence-electron chi connectivity index (χ4n) is 1.94. The fraction of sp³-hybridized carbons (Fsp3) is 0.500. The molecule has 1 unspecified atom stereocenters. The third-order valence-electron chi connectivity index (χ3n) is 2.88. The zero-order valence-corrected chi connectivity index (χ0v) is 12.0. The Morgan fingerprint density at radius 3 is 2.79 bits per heavy atom. The molecule has 0 spiro atoms. The maximum atomic E-state index is 5.79. The summed E-state index contributed by atoms with van der Waals surface area (Å²) >= 11 is 0. The summed E-state index contributed by atoms with van der Waals surface area (Å²) in [6.07, 6.45) is 3.95. The molecule has 3 nitrogen and oxygen atoms in total. The van der Waals surface area contributed by atoms with Gasteiger partial charge >= 0.3 is 0 Å². The molecular formula is C16H25NO2. The van der Waals surface area contributed by atoms with Crippen LogP contribution in [0, 0.1) is 0 Å². The van der Waals surface area contributed by atoms with Crippen LogP contribution in [0.4, 0.5) is 0 Å². The van der Waals surface area contributed by atoms with Crippen molar-refractivity contribution in [2.45, 2.75) is 25.8 Å². The Labute approximate surface area is 116 Å². The summed E-state index contributed by atoms with van der Waals surface area (Å²) in [7, 11) is 1.68. The predicted octanol–water partition coefficient (Wildman–Crippen LogP) is 3.33. The van der Waals surface area contributed by atoms with Gasteiger partial charge in [0, 0.05) is 18.7 Å². The van der Waals surface area contributed by atoms with Crippen LogP contribution in [0.5, 0.6) is 5.75 Å². The van der Waals surface area contributed by atoms with Gasteiger partial charge in [0.25, 0.3) is 0 Å². The van der Waals surface area contributed by atoms with E-state index < -0.39 is 0 Å². The number of ether oxygens (including phenoxy) is 2. The van der Waals surface area contributed by atoms with E-state index in [0.29, 0.717) is 13.2 Å². The van der Waals surface area contributed by atoms with Crippen LogP contribution >= 0.6 is 0 Å². The number of methoxy groups -OCH3 is 1. The van der Waals surface area contributed by atoms with E-state index in [0.717, 1.165) is 25.1 Å². The Balaban J connectivity index is 2.78. The lowest BCUT2D eigenvalue weighted by Gasteiger charge is -2.20. The van der Waals surface area contributed by atoms with Crippen LogP contribution in [0.1, 0.15) is 31.4 Å². The molecule has 1 rings (SSSR count). The lowest BCUT2D eigenvalue weighted by molar-refractivity contribution is 0.145. The summed E-state index contributed by atoms with van der Waals surface area (Å²) in [5.41, 5.74) is 1.19. The van der Waals surface area contributed by atoms with E-state index in [1.165, 1.54) is 5.56 Å². The van der Waals surface area contributed by atoms with Gasteiger partial charge in [-0.15, -0.1) is 6.58 Å². The Morgan fingerprint density at radius 2 is 2.11 bits per heavy atom. The molecule has 106 valence electrons. The van der Waals surface area contributed by atoms with E-state index in [4.69, 9.17) is 9.47 Å². The van der Waals surface area contributed by atoms with E-state index in [9.17, 15) is 0 Å². The molecule has 1 N–H and O–H groups in total. The van der Waals surface area contributed by atoms with Crippen LogP contribution in [0.3, 0.4) is 0 Å². The quantitative estimate of drug-likeness (QED) is 0.519. The summed E-state index contributed by atoms with van der Waals surface area (Å²) < 4.78 is 10.8. The average Bonchev–Trinajstić information content (AvgIpc) is 2.44. The highest BCUT2D eigenvalue weighted by Gasteiger charge is 2.13. The average molecular weight is 263 g/mol. The van der Waals surface area contributed by atoms with Gasteiger partial charge in [0.2, 0.25) is 0 Å². The second-order valence-electron chi connectivity index (χ2n) is 4.41. The number of hydrogen-bond donors (Lipinski definition) is 1. The van der Waals surface area contributed by atoms with Crippen molar-refractivity contribution in [1.29, 1.82) is 0 Å². The second-order valence-corrected chi connectivity index (χ2v) is 4.41. The highest BCUT2D eigenvalue weighted by Crippen LogP contribution is 2.27. The molecule has 19 heavy (non-hydrogen) atoms. The fourth-order valence-corrected chi connectivity index (χ4v) is 1.94. The van der Waals surface area contributed by atoms with Crippen molar-refractivity contribution >= 4 is 0 Å². The van der Waals surface area contributed by atoms with E-state index in [2.05, 4.69) is 24.9 Å². The minimum atomic E-state index is 0.260. The van der Waals surface area contributed by atoms with Gasteiger partial charge in [0.1, 0.15) is 12.4 Å². The SMILES string of the molecule is C=CCC(NCCC)c1ccccc1OCCOC. The minimum absolute atomic E-state index is 0.260. The molecule has 1 aromatic rings. The van der Waals surface area contributed by atoms with E-state index in [-0.39, 0.29) is 6.04 Å². The van der Waals surface area contributed by atoms with Crippen LogP contribution in [0.25, 0.3) is 0 Å². The third kappa shape index (κ3) is 5.45. The second kappa shape index (κ2) is 9.59. The molecule has 0 amide bonds. The molecule has 0 aliphatic carbocycles. The lowest BCUT2D eigenvalue weighted by atomic mass is 10.0. The largest absolute Gasteiger partial charge is 0.491 e. The molecular weight excluding hydrogens is 238 g/mol. The monoisotopic (exact) mass is 263 g/mol. The van der Waals surface area contributed by atoms with Gasteiger partial charge in [0.05, 0.1) is 6.61 Å². The summed E-state index contributed by atoms with van der Waals surface area (Å²) in [4.78, 5) is 0. The molecule has 1 atom stereocenters. The first kappa shape index (κ1) is 15.7. The van der Waals surface area contributed by atoms with Crippen molar-refractivity contribution in [2.75, 3.05) is 26.9 Å². The summed E-state index contributed by atoms with van der Waals surface area (Å²) in [5, 5.41) is 3.53. The molecule has 0 heterocycles. The molecule has 0 aliphatic rings. The first-order chi connectivity index (χ1) is 9.33. The first-order valence-electron chi connectivity index (χ1n) is 6.88. The van der Waals surface area contributed by atoms with Crippen LogP contribution in [-0.2, 0) is 4.74 Å². The number of para-hydroxylation sites is 1. The van der Waals surface area contributed by atoms with E-state index in [1.54, 1.807) is 7.11 Å². The molecule has 0 saturated carbocycles. The highest BCUT2D eigenvalue weighted by atomic mass is 16.5. The third-order valence-corrected chi connectivity index (χ3v) is 2.88. The van der Waals surface area contributed by atoms with Gasteiger partial charge in [-0.3, -0.25) is 0 Å². The summed E-state index contributed by atoms with van der Waals surface area (Å²) in [6.45, 7) is 8.17. The Morgan fingerprint density at radius 1 is 1.32 bits per heavy atom. The smallest absolute Gasteiger partial charge is 0.124 e. The molecule has 1 aromatic carbocycles. The Bertz CT molecular complexity index is 366. The molecule has 3 heteroatoms. The van der Waals surface area contributed by atoms with Crippen molar-refractivity contribution in [3.8, 4) is 5.75 Å². The molecule has 0 aromatic heterocycles. The maximum Gasteiger partial charge on any atom is 0.124 e. The van der Waals surface area contributed by atoms with Gasteiger partial charge in [-0.05, 0) is 25.5 Å². The topological polar surface area (TPSA) is 30.5 Å². The number of rotatable bonds is 10. The summed E-state index contributed by atoms with van der Waals surface area (Å²) in [6, 6.07) is 8.42. The van der Waals surface area contributed by atoms with E-state index >= 15 is 0 Å². The first-order valence-corrected chi connectivity index (χ1v) is 6.88. The molecule has 0 fully saturated rings. The number of hydrogen-bond acceptors (Lipinski definition) is 3. The predicted molar refractivity (Wildman–Crippen MR) is 79.7 cm³/mol. The molecule has 0 bridgehead atoms. The van der Waals surface area contributed by atoms with Gasteiger partial charge < -0.3 is 14.8 Å². The normalized spacial score (nSPS) is 12.1. The van der Waals surface area contributed by atoms with Crippen LogP contribution in [0.15, 0.2) is 36.9 Å². The lowest BCUT2D eigenvalue weighted by Crippen LogP contribution is -2.22. The molecule has 0 radical (unpaired) electrons. The standard InChI is InChI=1S/C16H25NO2/c1-4-8-15(17-11-5-2)14-9-6-7-10-16(14)19-13-12-18-3/h4,6-7,9-10,15,17H,1,5,8,11-13H2,2-3H3. The van der Waals surface area contributed by atoms with Crippen molar-refractivity contribution in [3.05, 3.63) is 42.5 Å². The van der Waals surface area contributed by atoms with Crippen molar-refractivity contribution in [1.82, 2.24) is 5.32 Å². The minimum Gasteiger partial charge on any atom is -0.491 e. The van der Waals surface area contributed by atoms with Crippen LogP contribution in [-0.4, -0.2) is 26.9 Å². The molecule has 0 aliphatic heterocycles. The molecule has 0 saturated heterocycles. The van der Waals surface area contributed by atoms with Crippen LogP contribution < -0.4 is 10.1 Å². The highest BCUT2D eigenvalue weighted by molar-refractivity contribution is 5.36. The maximum absolute atomic E-state index is 5.79. The zero-order valence-electron chi connectivity index (χ0n) is 12.0. The Kier molecular flexibility index (Phi) is 7.94. The van der Waals surface area contributed by atoms with Crippen LogP contribution in [0.2, 0.25) is 0 Å². The van der Waals surface area contributed by atoms with Gasteiger partial charge in [-0.1, -0.05) is 31.2 Å². The van der Waals surface area contributed by atoms with Crippen molar-refractivity contribution in [2.24, 2.45) is 0 Å². The van der Waals surface area contributed by atoms with Crippen molar-refractivity contribution < 1.29 is 9.47 Å². The number of benzene rings is 1. The number of nitrogens with one attached hydrogen (secondary N) is 1. The van der Waals surface area contributed by atoms with Gasteiger partial charge in [-0.2, -0.15) is 0 Å². The van der Waals surface area contributed by atoms with Gasteiger partial charge in [-0.25, -0.2) is 0 Å². The zero-order chi connectivity index (χ0) is 13.9.